The Bertz CT molecular complexity index is 466. The van der Waals surface area contributed by atoms with Crippen molar-refractivity contribution in [3.05, 3.63) is 30.9 Å². The van der Waals surface area contributed by atoms with Gasteiger partial charge < -0.3 is 19.5 Å². The maximum Gasteiger partial charge on any atom is 0.162 e. The standard InChI is InChI=1S/C10H10N2O3/c1-15-10-4-7(8(13)5-9(10)14)12-3-2-11-6-12/h2-6,13-14H,1H3. The minimum Gasteiger partial charge on any atom is -0.506 e. The minimum atomic E-state index is -0.0983. The van der Waals surface area contributed by atoms with Crippen LogP contribution in [0.4, 0.5) is 0 Å². The van der Waals surface area contributed by atoms with Crippen molar-refractivity contribution < 1.29 is 14.9 Å². The minimum absolute atomic E-state index is 0.0358. The largest absolute Gasteiger partial charge is 0.506 e. The fourth-order valence-corrected chi connectivity index (χ4v) is 1.32. The number of rotatable bonds is 2. The summed E-state index contributed by atoms with van der Waals surface area (Å²) in [5, 5.41) is 19.0. The van der Waals surface area contributed by atoms with Crippen LogP contribution < -0.4 is 4.74 Å². The van der Waals surface area contributed by atoms with Crippen molar-refractivity contribution in [1.29, 1.82) is 0 Å². The Hall–Kier alpha value is -2.17. The van der Waals surface area contributed by atoms with Gasteiger partial charge in [-0.15, -0.1) is 0 Å². The number of hydrogen-bond acceptors (Lipinski definition) is 4. The van der Waals surface area contributed by atoms with E-state index in [1.165, 1.54) is 19.2 Å². The second-order valence-electron chi connectivity index (χ2n) is 2.98. The van der Waals surface area contributed by atoms with Gasteiger partial charge in [-0.2, -0.15) is 0 Å². The van der Waals surface area contributed by atoms with Crippen LogP contribution in [0.15, 0.2) is 30.9 Å². The molecule has 0 saturated carbocycles. The highest BCUT2D eigenvalue weighted by Crippen LogP contribution is 2.34. The van der Waals surface area contributed by atoms with E-state index >= 15 is 0 Å². The summed E-state index contributed by atoms with van der Waals surface area (Å²) < 4.78 is 6.57. The fraction of sp³-hybridized carbons (Fsp3) is 0.100. The molecule has 0 aliphatic carbocycles. The maximum atomic E-state index is 9.62. The van der Waals surface area contributed by atoms with Gasteiger partial charge in [0.15, 0.2) is 11.5 Å². The molecule has 0 unspecified atom stereocenters. The SMILES string of the molecule is COc1cc(-n2ccnc2)c(O)cc1O. The van der Waals surface area contributed by atoms with Crippen molar-refractivity contribution in [2.75, 3.05) is 7.11 Å². The van der Waals surface area contributed by atoms with Crippen LogP contribution >= 0.6 is 0 Å². The Morgan fingerprint density at radius 1 is 1.27 bits per heavy atom. The summed E-state index contributed by atoms with van der Waals surface area (Å²) in [6, 6.07) is 2.76. The average Bonchev–Trinajstić information content (AvgIpc) is 2.71. The Balaban J connectivity index is 2.57. The molecule has 1 heterocycles. The van der Waals surface area contributed by atoms with Gasteiger partial charge in [-0.05, 0) is 0 Å². The van der Waals surface area contributed by atoms with Gasteiger partial charge in [-0.1, -0.05) is 0 Å². The Morgan fingerprint density at radius 3 is 2.67 bits per heavy atom. The molecule has 0 atom stereocenters. The van der Waals surface area contributed by atoms with E-state index in [1.54, 1.807) is 23.3 Å². The molecule has 0 aliphatic rings. The highest BCUT2D eigenvalue weighted by atomic mass is 16.5. The summed E-state index contributed by atoms with van der Waals surface area (Å²) in [4.78, 5) is 3.87. The third-order valence-corrected chi connectivity index (χ3v) is 2.06. The van der Waals surface area contributed by atoms with Gasteiger partial charge in [0.25, 0.3) is 0 Å². The Morgan fingerprint density at radius 2 is 2.07 bits per heavy atom. The zero-order chi connectivity index (χ0) is 10.8. The first kappa shape index (κ1) is 9.39. The molecule has 1 aromatic carbocycles. The van der Waals surface area contributed by atoms with Crippen molar-refractivity contribution in [2.24, 2.45) is 0 Å². The predicted molar refractivity (Wildman–Crippen MR) is 53.4 cm³/mol. The normalized spacial score (nSPS) is 10.2. The summed E-state index contributed by atoms with van der Waals surface area (Å²) in [6.45, 7) is 0. The van der Waals surface area contributed by atoms with Crippen LogP contribution in [0.5, 0.6) is 17.2 Å². The van der Waals surface area contributed by atoms with Gasteiger partial charge in [0, 0.05) is 24.5 Å². The zero-order valence-corrected chi connectivity index (χ0v) is 8.08. The molecule has 0 aliphatic heterocycles. The molecule has 1 aromatic heterocycles. The van der Waals surface area contributed by atoms with E-state index in [-0.39, 0.29) is 11.5 Å². The smallest absolute Gasteiger partial charge is 0.162 e. The number of aromatic nitrogens is 2. The summed E-state index contributed by atoms with van der Waals surface area (Å²) in [5.74, 6) is 0.168. The van der Waals surface area contributed by atoms with E-state index in [9.17, 15) is 10.2 Å². The predicted octanol–water partition coefficient (Wildman–Crippen LogP) is 1.29. The number of ether oxygens (including phenoxy) is 1. The van der Waals surface area contributed by atoms with Crippen LogP contribution in [0.3, 0.4) is 0 Å². The molecule has 78 valence electrons. The third-order valence-electron chi connectivity index (χ3n) is 2.06. The van der Waals surface area contributed by atoms with Crippen LogP contribution in [0.1, 0.15) is 0 Å². The number of nitrogens with zero attached hydrogens (tertiary/aromatic N) is 2. The Labute approximate surface area is 86.2 Å². The lowest BCUT2D eigenvalue weighted by Gasteiger charge is -2.09. The quantitative estimate of drug-likeness (QED) is 0.777. The lowest BCUT2D eigenvalue weighted by molar-refractivity contribution is 0.369. The molecule has 5 nitrogen and oxygen atoms in total. The first-order valence-electron chi connectivity index (χ1n) is 4.30. The second kappa shape index (κ2) is 3.53. The highest BCUT2D eigenvalue weighted by molar-refractivity contribution is 5.56. The topological polar surface area (TPSA) is 67.5 Å². The van der Waals surface area contributed by atoms with Crippen LogP contribution in [0, 0.1) is 0 Å². The van der Waals surface area contributed by atoms with Crippen LogP contribution in [0.25, 0.3) is 5.69 Å². The lowest BCUT2D eigenvalue weighted by atomic mass is 10.2. The number of phenolic OH excluding ortho intramolecular Hbond substituents is 2. The summed E-state index contributed by atoms with van der Waals surface area (Å²) >= 11 is 0. The average molecular weight is 206 g/mol. The van der Waals surface area contributed by atoms with Gasteiger partial charge in [0.2, 0.25) is 0 Å². The molecule has 0 spiro atoms. The Kier molecular flexibility index (Phi) is 2.21. The van der Waals surface area contributed by atoms with Crippen molar-refractivity contribution in [1.82, 2.24) is 9.55 Å². The number of benzene rings is 1. The number of methoxy groups -OCH3 is 1. The van der Waals surface area contributed by atoms with E-state index in [0.29, 0.717) is 11.4 Å². The van der Waals surface area contributed by atoms with E-state index < -0.39 is 0 Å². The van der Waals surface area contributed by atoms with E-state index in [0.717, 1.165) is 0 Å². The summed E-state index contributed by atoms with van der Waals surface area (Å²) in [5.41, 5.74) is 0.502. The van der Waals surface area contributed by atoms with Gasteiger partial charge >= 0.3 is 0 Å². The second-order valence-corrected chi connectivity index (χ2v) is 2.98. The van der Waals surface area contributed by atoms with Gasteiger partial charge in [0.05, 0.1) is 19.1 Å². The molecule has 0 bridgehead atoms. The molecule has 2 rings (SSSR count). The summed E-state index contributed by atoms with van der Waals surface area (Å²) in [6.07, 6.45) is 4.83. The molecule has 15 heavy (non-hydrogen) atoms. The molecule has 0 amide bonds. The lowest BCUT2D eigenvalue weighted by Crippen LogP contribution is -1.92. The molecule has 5 heteroatoms. The third kappa shape index (κ3) is 1.59. The van der Waals surface area contributed by atoms with Crippen molar-refractivity contribution in [3.63, 3.8) is 0 Å². The fourth-order valence-electron chi connectivity index (χ4n) is 1.32. The molecule has 0 fully saturated rings. The van der Waals surface area contributed by atoms with Crippen LogP contribution in [-0.2, 0) is 0 Å². The zero-order valence-electron chi connectivity index (χ0n) is 8.08. The number of hydrogen-bond donors (Lipinski definition) is 2. The van der Waals surface area contributed by atoms with E-state index in [2.05, 4.69) is 4.98 Å². The van der Waals surface area contributed by atoms with Crippen LogP contribution in [-0.4, -0.2) is 26.9 Å². The first-order chi connectivity index (χ1) is 7.22. The molecule has 0 radical (unpaired) electrons. The van der Waals surface area contributed by atoms with Crippen molar-refractivity contribution >= 4 is 0 Å². The van der Waals surface area contributed by atoms with Crippen molar-refractivity contribution in [2.45, 2.75) is 0 Å². The van der Waals surface area contributed by atoms with Gasteiger partial charge in [-0.3, -0.25) is 0 Å². The summed E-state index contributed by atoms with van der Waals surface area (Å²) in [7, 11) is 1.45. The maximum absolute atomic E-state index is 9.62. The first-order valence-corrected chi connectivity index (χ1v) is 4.30. The molecular formula is C10H10N2O3. The monoisotopic (exact) mass is 206 g/mol. The number of imidazole rings is 1. The van der Waals surface area contributed by atoms with E-state index in [4.69, 9.17) is 4.74 Å². The molecular weight excluding hydrogens is 196 g/mol. The number of aromatic hydroxyl groups is 2. The van der Waals surface area contributed by atoms with Gasteiger partial charge in [0.1, 0.15) is 5.75 Å². The highest BCUT2D eigenvalue weighted by Gasteiger charge is 2.09. The molecule has 0 saturated heterocycles. The van der Waals surface area contributed by atoms with Gasteiger partial charge in [-0.25, -0.2) is 4.98 Å². The van der Waals surface area contributed by atoms with Crippen LogP contribution in [0.2, 0.25) is 0 Å². The molecule has 2 N–H and O–H groups in total. The number of phenols is 2. The van der Waals surface area contributed by atoms with E-state index in [1.807, 2.05) is 0 Å². The van der Waals surface area contributed by atoms with Crippen molar-refractivity contribution in [3.8, 4) is 22.9 Å². The molecule has 2 aromatic rings.